The van der Waals surface area contributed by atoms with Crippen LogP contribution in [0, 0.1) is 5.82 Å². The van der Waals surface area contributed by atoms with Crippen molar-refractivity contribution in [2.75, 3.05) is 6.54 Å². The van der Waals surface area contributed by atoms with Crippen LogP contribution in [0.2, 0.25) is 0 Å². The lowest BCUT2D eigenvalue weighted by Crippen LogP contribution is -2.33. The minimum Gasteiger partial charge on any atom is -0.446 e. The summed E-state index contributed by atoms with van der Waals surface area (Å²) < 4.78 is 45.1. The zero-order valence-electron chi connectivity index (χ0n) is 13.0. The van der Waals surface area contributed by atoms with Crippen LogP contribution in [0.4, 0.5) is 4.39 Å². The quantitative estimate of drug-likeness (QED) is 0.638. The molecule has 134 valence electrons. The molecule has 11 heteroatoms. The van der Waals surface area contributed by atoms with E-state index in [1.165, 1.54) is 30.1 Å². The van der Waals surface area contributed by atoms with Crippen LogP contribution in [0.5, 0.6) is 0 Å². The number of nitrogens with two attached hydrogens (primary N) is 1. The van der Waals surface area contributed by atoms with Gasteiger partial charge in [0, 0.05) is 18.8 Å². The van der Waals surface area contributed by atoms with Gasteiger partial charge in [0.1, 0.15) is 17.3 Å². The summed E-state index contributed by atoms with van der Waals surface area (Å²) in [6, 6.07) is 4.62. The predicted octanol–water partition coefficient (Wildman–Crippen LogP) is -0.393. The second kappa shape index (κ2) is 7.40. The molecule has 0 aliphatic carbocycles. The number of primary amides is 1. The van der Waals surface area contributed by atoms with Gasteiger partial charge >= 0.3 is 5.97 Å². The third-order valence-corrected chi connectivity index (χ3v) is 4.43. The van der Waals surface area contributed by atoms with Crippen LogP contribution < -0.4 is 10.5 Å². The molecule has 1 amide bonds. The van der Waals surface area contributed by atoms with Gasteiger partial charge in [0.05, 0.1) is 6.20 Å². The standard InChI is InChI=1S/C14H15FN4O5S/c1-19-8-11(6-17-19)25(22,23)18-7-12(20)24-13(14(16)21)9-2-4-10(15)5-3-9/h2-6,8,13,18H,7H2,1H3,(H2,16,21). The van der Waals surface area contributed by atoms with Crippen LogP contribution in [-0.4, -0.2) is 36.6 Å². The van der Waals surface area contributed by atoms with Crippen LogP contribution in [-0.2, 0) is 31.4 Å². The number of benzene rings is 1. The van der Waals surface area contributed by atoms with Gasteiger partial charge in [0.2, 0.25) is 16.1 Å². The second-order valence-electron chi connectivity index (χ2n) is 5.00. The molecule has 25 heavy (non-hydrogen) atoms. The smallest absolute Gasteiger partial charge is 0.322 e. The average molecular weight is 370 g/mol. The third-order valence-electron chi connectivity index (χ3n) is 3.08. The van der Waals surface area contributed by atoms with E-state index in [1.54, 1.807) is 0 Å². The molecule has 9 nitrogen and oxygen atoms in total. The molecule has 0 aliphatic heterocycles. The van der Waals surface area contributed by atoms with E-state index in [9.17, 15) is 22.4 Å². The van der Waals surface area contributed by atoms with Crippen molar-refractivity contribution < 1.29 is 27.1 Å². The highest BCUT2D eigenvalue weighted by atomic mass is 32.2. The Morgan fingerprint density at radius 2 is 2.00 bits per heavy atom. The predicted molar refractivity (Wildman–Crippen MR) is 82.8 cm³/mol. The Bertz CT molecular complexity index is 879. The van der Waals surface area contributed by atoms with Gasteiger partial charge in [-0.05, 0) is 12.1 Å². The van der Waals surface area contributed by atoms with Gasteiger partial charge in [-0.1, -0.05) is 12.1 Å². The van der Waals surface area contributed by atoms with Crippen LogP contribution >= 0.6 is 0 Å². The van der Waals surface area contributed by atoms with Gasteiger partial charge in [0.25, 0.3) is 5.91 Å². The van der Waals surface area contributed by atoms with Crippen LogP contribution in [0.25, 0.3) is 0 Å². The zero-order valence-corrected chi connectivity index (χ0v) is 13.9. The lowest BCUT2D eigenvalue weighted by Gasteiger charge is -2.15. The molecule has 0 saturated heterocycles. The number of aromatic nitrogens is 2. The van der Waals surface area contributed by atoms with Crippen LogP contribution in [0.3, 0.4) is 0 Å². The summed E-state index contributed by atoms with van der Waals surface area (Å²) in [7, 11) is -2.43. The molecule has 1 unspecified atom stereocenters. The molecule has 0 fully saturated rings. The largest absolute Gasteiger partial charge is 0.446 e. The second-order valence-corrected chi connectivity index (χ2v) is 6.77. The molecule has 1 aromatic heterocycles. The van der Waals surface area contributed by atoms with E-state index in [0.29, 0.717) is 0 Å². The summed E-state index contributed by atoms with van der Waals surface area (Å²) in [6.07, 6.45) is 0.896. The van der Waals surface area contributed by atoms with E-state index in [-0.39, 0.29) is 10.5 Å². The summed E-state index contributed by atoms with van der Waals surface area (Å²) in [6.45, 7) is -0.720. The highest BCUT2D eigenvalue weighted by Gasteiger charge is 2.24. The Morgan fingerprint density at radius 3 is 2.52 bits per heavy atom. The van der Waals surface area contributed by atoms with Gasteiger partial charge in [0.15, 0.2) is 0 Å². The number of sulfonamides is 1. The fraction of sp³-hybridized carbons (Fsp3) is 0.214. The maximum Gasteiger partial charge on any atom is 0.322 e. The molecule has 3 N–H and O–H groups in total. The number of hydrogen-bond acceptors (Lipinski definition) is 6. The molecular formula is C14H15FN4O5S. The number of nitrogens with zero attached hydrogens (tertiary/aromatic N) is 2. The van der Waals surface area contributed by atoms with Crippen molar-refractivity contribution in [3.05, 3.63) is 48.0 Å². The number of nitrogens with one attached hydrogen (secondary N) is 1. The molecule has 0 aliphatic rings. The Balaban J connectivity index is 2.02. The normalized spacial score (nSPS) is 12.6. The number of halogens is 1. The Hall–Kier alpha value is -2.79. The Labute approximate surface area is 142 Å². The molecule has 2 rings (SSSR count). The van der Waals surface area contributed by atoms with E-state index in [0.717, 1.165) is 18.3 Å². The summed E-state index contributed by atoms with van der Waals surface area (Å²) in [5.41, 5.74) is 5.34. The lowest BCUT2D eigenvalue weighted by atomic mass is 10.1. The summed E-state index contributed by atoms with van der Waals surface area (Å²) in [4.78, 5) is 23.1. The van der Waals surface area contributed by atoms with Crippen molar-refractivity contribution >= 4 is 21.9 Å². The average Bonchev–Trinajstić information content (AvgIpc) is 2.99. The molecular weight excluding hydrogens is 355 g/mol. The molecule has 0 saturated carbocycles. The Kier molecular flexibility index (Phi) is 5.49. The maximum atomic E-state index is 12.9. The van der Waals surface area contributed by atoms with Crippen molar-refractivity contribution in [1.29, 1.82) is 0 Å². The fourth-order valence-electron chi connectivity index (χ4n) is 1.88. The van der Waals surface area contributed by atoms with Gasteiger partial charge < -0.3 is 10.5 Å². The maximum absolute atomic E-state index is 12.9. The minimum absolute atomic E-state index is 0.132. The lowest BCUT2D eigenvalue weighted by molar-refractivity contribution is -0.154. The van der Waals surface area contributed by atoms with E-state index >= 15 is 0 Å². The monoisotopic (exact) mass is 370 g/mol. The topological polar surface area (TPSA) is 133 Å². The molecule has 1 atom stereocenters. The van der Waals surface area contributed by atoms with Gasteiger partial charge in [-0.25, -0.2) is 12.8 Å². The molecule has 1 aromatic carbocycles. The van der Waals surface area contributed by atoms with Crippen molar-refractivity contribution in [2.24, 2.45) is 12.8 Å². The Morgan fingerprint density at radius 1 is 1.36 bits per heavy atom. The van der Waals surface area contributed by atoms with Crippen molar-refractivity contribution in [2.45, 2.75) is 11.0 Å². The van der Waals surface area contributed by atoms with Gasteiger partial charge in [-0.2, -0.15) is 9.82 Å². The first-order valence-electron chi connectivity index (χ1n) is 6.91. The molecule has 0 radical (unpaired) electrons. The summed E-state index contributed by atoms with van der Waals surface area (Å²) in [5, 5.41) is 3.72. The first-order chi connectivity index (χ1) is 11.7. The number of carbonyl (C=O) groups is 2. The van der Waals surface area contributed by atoms with Gasteiger partial charge in [-0.15, -0.1) is 0 Å². The highest BCUT2D eigenvalue weighted by molar-refractivity contribution is 7.89. The number of ether oxygens (including phenoxy) is 1. The van der Waals surface area contributed by atoms with E-state index in [1.807, 2.05) is 4.72 Å². The minimum atomic E-state index is -3.96. The molecule has 0 spiro atoms. The molecule has 1 heterocycles. The summed E-state index contributed by atoms with van der Waals surface area (Å²) >= 11 is 0. The van der Waals surface area contributed by atoms with E-state index < -0.39 is 40.4 Å². The third kappa shape index (κ3) is 4.84. The van der Waals surface area contributed by atoms with Gasteiger partial charge in [-0.3, -0.25) is 14.3 Å². The number of aryl methyl sites for hydroxylation is 1. The number of esters is 1. The number of rotatable bonds is 7. The van der Waals surface area contributed by atoms with Crippen LogP contribution in [0.15, 0.2) is 41.6 Å². The van der Waals surface area contributed by atoms with E-state index in [2.05, 4.69) is 5.10 Å². The zero-order chi connectivity index (χ0) is 18.6. The van der Waals surface area contributed by atoms with Crippen LogP contribution in [0.1, 0.15) is 11.7 Å². The number of hydrogen-bond donors (Lipinski definition) is 2. The summed E-state index contributed by atoms with van der Waals surface area (Å²) in [5.74, 6) is -2.54. The van der Waals surface area contributed by atoms with Crippen molar-refractivity contribution in [3.8, 4) is 0 Å². The fourth-order valence-corrected chi connectivity index (χ4v) is 2.83. The SMILES string of the molecule is Cn1cc(S(=O)(=O)NCC(=O)OC(C(N)=O)c2ccc(F)cc2)cn1. The van der Waals surface area contributed by atoms with E-state index in [4.69, 9.17) is 10.5 Å². The number of amides is 1. The first kappa shape index (κ1) is 18.5. The first-order valence-corrected chi connectivity index (χ1v) is 8.40. The molecule has 0 bridgehead atoms. The van der Waals surface area contributed by atoms with Crippen molar-refractivity contribution in [1.82, 2.24) is 14.5 Å². The van der Waals surface area contributed by atoms with Crippen molar-refractivity contribution in [3.63, 3.8) is 0 Å². The highest BCUT2D eigenvalue weighted by Crippen LogP contribution is 2.17. The number of carbonyl (C=O) groups excluding carboxylic acids is 2. The molecule has 2 aromatic rings.